The number of hydrogen-bond donors (Lipinski definition) is 0. The van der Waals surface area contributed by atoms with Crippen molar-refractivity contribution in [1.29, 1.82) is 0 Å². The van der Waals surface area contributed by atoms with E-state index in [4.69, 9.17) is 8.85 Å². The van der Waals surface area contributed by atoms with Crippen molar-refractivity contribution in [3.05, 3.63) is 84.5 Å². The second kappa shape index (κ2) is 12.1. The van der Waals surface area contributed by atoms with Crippen LogP contribution in [0.1, 0.15) is 54.4 Å². The van der Waals surface area contributed by atoms with E-state index in [9.17, 15) is 0 Å². The molecule has 0 radical (unpaired) electrons. The van der Waals surface area contributed by atoms with Gasteiger partial charge in [-0.05, 0) is 78.5 Å². The van der Waals surface area contributed by atoms with Crippen LogP contribution in [0.5, 0.6) is 0 Å². The summed E-state index contributed by atoms with van der Waals surface area (Å²) in [4.78, 5) is 0. The van der Waals surface area contributed by atoms with Gasteiger partial charge in [-0.2, -0.15) is 0 Å². The van der Waals surface area contributed by atoms with Gasteiger partial charge in [0, 0.05) is 6.42 Å². The normalized spacial score (nSPS) is 20.8. The van der Waals surface area contributed by atoms with Crippen LogP contribution in [0.15, 0.2) is 84.5 Å². The van der Waals surface area contributed by atoms with Crippen LogP contribution in [0.25, 0.3) is 0 Å². The molecule has 3 rings (SSSR count). The zero-order valence-electron chi connectivity index (χ0n) is 25.6. The topological polar surface area (TPSA) is 18.5 Å². The smallest absolute Gasteiger partial charge is 0.192 e. The SMILES string of the molecule is C=C1/C(=C\CP(c2ccccc2)c2ccccc2)C[C@H](O[Si](C)(C)C(C)(C)C)C[C@H]1O[Si](C)(C)C(C)(C)C. The van der Waals surface area contributed by atoms with Crippen LogP contribution in [-0.4, -0.2) is 35.0 Å². The Bertz CT molecular complexity index is 1060. The van der Waals surface area contributed by atoms with E-state index in [1.165, 1.54) is 21.8 Å². The molecule has 2 aromatic carbocycles. The summed E-state index contributed by atoms with van der Waals surface area (Å²) in [5.74, 6) is 0. The van der Waals surface area contributed by atoms with E-state index in [0.717, 1.165) is 19.0 Å². The predicted octanol–water partition coefficient (Wildman–Crippen LogP) is 9.18. The van der Waals surface area contributed by atoms with Gasteiger partial charge >= 0.3 is 0 Å². The number of allylic oxidation sites excluding steroid dienone is 1. The molecule has 0 aliphatic heterocycles. The molecule has 0 amide bonds. The van der Waals surface area contributed by atoms with Crippen LogP contribution in [-0.2, 0) is 8.85 Å². The fourth-order valence-electron chi connectivity index (χ4n) is 4.37. The molecule has 0 N–H and O–H groups in total. The molecule has 208 valence electrons. The molecule has 1 aliphatic carbocycles. The minimum atomic E-state index is -1.97. The third-order valence-corrected chi connectivity index (χ3v) is 20.3. The monoisotopic (exact) mass is 566 g/mol. The average Bonchev–Trinajstić information content (AvgIpc) is 2.81. The molecule has 0 spiro atoms. The zero-order chi connectivity index (χ0) is 28.4. The van der Waals surface area contributed by atoms with Gasteiger partial charge in [0.2, 0.25) is 0 Å². The lowest BCUT2D eigenvalue weighted by atomic mass is 9.86. The van der Waals surface area contributed by atoms with Gasteiger partial charge in [-0.3, -0.25) is 0 Å². The van der Waals surface area contributed by atoms with Crippen molar-refractivity contribution in [3.63, 3.8) is 0 Å². The Balaban J connectivity index is 1.95. The Morgan fingerprint density at radius 1 is 0.789 bits per heavy atom. The van der Waals surface area contributed by atoms with E-state index in [1.54, 1.807) is 0 Å². The first-order chi connectivity index (χ1) is 17.5. The summed E-state index contributed by atoms with van der Waals surface area (Å²) < 4.78 is 14.1. The Hall–Kier alpha value is -1.30. The standard InChI is InChI=1S/C33H51O2PSi2/c1-26-27(22-23-36(29-18-14-12-15-19-29)30-20-16-13-17-21-30)24-28(34-37(8,9)32(2,3)4)25-31(26)35-38(10,11)33(5,6)7/h12-22,28,31H,1,23-25H2,2-11H3/b27-22-/t28-,31+/m0/s1. The number of benzene rings is 2. The third kappa shape index (κ3) is 7.67. The summed E-state index contributed by atoms with van der Waals surface area (Å²) in [6.45, 7) is 28.0. The molecule has 0 unspecified atom stereocenters. The Morgan fingerprint density at radius 3 is 1.68 bits per heavy atom. The van der Waals surface area contributed by atoms with E-state index < -0.39 is 24.6 Å². The minimum absolute atomic E-state index is 0.0188. The lowest BCUT2D eigenvalue weighted by molar-refractivity contribution is 0.0969. The summed E-state index contributed by atoms with van der Waals surface area (Å²) in [6.07, 6.45) is 5.48. The Kier molecular flexibility index (Phi) is 9.92. The Morgan fingerprint density at radius 2 is 1.24 bits per heavy atom. The van der Waals surface area contributed by atoms with Crippen LogP contribution in [0.4, 0.5) is 0 Å². The van der Waals surface area contributed by atoms with Gasteiger partial charge in [0.1, 0.15) is 0 Å². The van der Waals surface area contributed by atoms with Crippen molar-refractivity contribution >= 4 is 35.2 Å². The molecule has 2 aromatic rings. The highest BCUT2D eigenvalue weighted by molar-refractivity contribution is 7.73. The zero-order valence-corrected chi connectivity index (χ0v) is 28.5. The third-order valence-electron chi connectivity index (χ3n) is 8.89. The van der Waals surface area contributed by atoms with Crippen molar-refractivity contribution < 1.29 is 8.85 Å². The maximum Gasteiger partial charge on any atom is 0.192 e. The van der Waals surface area contributed by atoms with Crippen molar-refractivity contribution in [2.75, 3.05) is 6.16 Å². The van der Waals surface area contributed by atoms with E-state index in [2.05, 4.69) is 141 Å². The van der Waals surface area contributed by atoms with E-state index in [1.807, 2.05) is 0 Å². The van der Waals surface area contributed by atoms with Crippen molar-refractivity contribution in [2.24, 2.45) is 0 Å². The molecule has 0 saturated heterocycles. The molecule has 0 heterocycles. The van der Waals surface area contributed by atoms with Gasteiger partial charge in [0.15, 0.2) is 16.6 Å². The molecule has 1 aliphatic rings. The summed E-state index contributed by atoms with van der Waals surface area (Å²) in [5.41, 5.74) is 2.50. The van der Waals surface area contributed by atoms with E-state index >= 15 is 0 Å². The summed E-state index contributed by atoms with van der Waals surface area (Å²) in [7, 11) is -4.38. The first kappa shape index (κ1) is 31.2. The van der Waals surface area contributed by atoms with Gasteiger partial charge in [0.25, 0.3) is 0 Å². The van der Waals surface area contributed by atoms with Crippen molar-refractivity contribution in [3.8, 4) is 0 Å². The minimum Gasteiger partial charge on any atom is -0.413 e. The molecule has 0 aromatic heterocycles. The van der Waals surface area contributed by atoms with Gasteiger partial charge in [-0.25, -0.2) is 0 Å². The summed E-state index contributed by atoms with van der Waals surface area (Å²) >= 11 is 0. The largest absolute Gasteiger partial charge is 0.413 e. The highest BCUT2D eigenvalue weighted by Gasteiger charge is 2.44. The highest BCUT2D eigenvalue weighted by Crippen LogP contribution is 2.44. The van der Waals surface area contributed by atoms with Gasteiger partial charge < -0.3 is 8.85 Å². The van der Waals surface area contributed by atoms with Crippen LogP contribution in [0.2, 0.25) is 36.3 Å². The highest BCUT2D eigenvalue weighted by atomic mass is 31.1. The second-order valence-corrected chi connectivity index (χ2v) is 25.6. The maximum atomic E-state index is 7.03. The molecule has 2 atom stereocenters. The lowest BCUT2D eigenvalue weighted by Crippen LogP contribution is -2.49. The van der Waals surface area contributed by atoms with Crippen LogP contribution < -0.4 is 10.6 Å². The van der Waals surface area contributed by atoms with Crippen LogP contribution in [0.3, 0.4) is 0 Å². The van der Waals surface area contributed by atoms with Gasteiger partial charge in [0.05, 0.1) is 12.2 Å². The molecular weight excluding hydrogens is 516 g/mol. The number of rotatable bonds is 8. The molecule has 1 saturated carbocycles. The van der Waals surface area contributed by atoms with Crippen LogP contribution in [0, 0.1) is 0 Å². The summed E-state index contributed by atoms with van der Waals surface area (Å²) in [6, 6.07) is 22.0. The molecule has 0 bridgehead atoms. The first-order valence-electron chi connectivity index (χ1n) is 14.1. The lowest BCUT2D eigenvalue weighted by Gasteiger charge is -2.45. The quantitative estimate of drug-likeness (QED) is 0.234. The van der Waals surface area contributed by atoms with Crippen molar-refractivity contribution in [1.82, 2.24) is 0 Å². The van der Waals surface area contributed by atoms with Crippen molar-refractivity contribution in [2.45, 2.75) is 103 Å². The molecule has 38 heavy (non-hydrogen) atoms. The molecule has 5 heteroatoms. The van der Waals surface area contributed by atoms with E-state index in [-0.39, 0.29) is 22.3 Å². The van der Waals surface area contributed by atoms with E-state index in [0.29, 0.717) is 0 Å². The number of hydrogen-bond acceptors (Lipinski definition) is 2. The molecule has 1 fully saturated rings. The van der Waals surface area contributed by atoms with Gasteiger partial charge in [-0.1, -0.05) is 115 Å². The summed E-state index contributed by atoms with van der Waals surface area (Å²) in [5, 5.41) is 3.15. The fraction of sp³-hybridized carbons (Fsp3) is 0.515. The predicted molar refractivity (Wildman–Crippen MR) is 175 cm³/mol. The maximum absolute atomic E-state index is 7.03. The van der Waals surface area contributed by atoms with Crippen LogP contribution >= 0.6 is 7.92 Å². The molecular formula is C33H51O2PSi2. The Labute approximate surface area is 237 Å². The fourth-order valence-corrected chi connectivity index (χ4v) is 9.23. The van der Waals surface area contributed by atoms with Gasteiger partial charge in [-0.15, -0.1) is 0 Å². The second-order valence-electron chi connectivity index (χ2n) is 13.8. The molecule has 2 nitrogen and oxygen atoms in total. The first-order valence-corrected chi connectivity index (χ1v) is 21.5. The average molecular weight is 567 g/mol.